The molecule has 5 heteroatoms. The number of aryl methyl sites for hydroxylation is 1. The van der Waals surface area contributed by atoms with Gasteiger partial charge in [0.1, 0.15) is 0 Å². The van der Waals surface area contributed by atoms with E-state index in [9.17, 15) is 4.79 Å². The lowest BCUT2D eigenvalue weighted by molar-refractivity contribution is 0.526. The second-order valence-corrected chi connectivity index (χ2v) is 4.86. The fraction of sp³-hybridized carbons (Fsp3) is 0.600. The van der Waals surface area contributed by atoms with Crippen LogP contribution in [-0.2, 0) is 6.54 Å². The molecule has 1 heterocycles. The SMILES string of the molecule is CC(C)NCCCn1cncc(I)c1=O. The highest BCUT2D eigenvalue weighted by Gasteiger charge is 2.00. The van der Waals surface area contributed by atoms with Crippen molar-refractivity contribution in [3.05, 3.63) is 26.4 Å². The molecule has 0 aliphatic carbocycles. The van der Waals surface area contributed by atoms with Gasteiger partial charge in [0.15, 0.2) is 0 Å². The topological polar surface area (TPSA) is 46.9 Å². The van der Waals surface area contributed by atoms with E-state index in [2.05, 4.69) is 24.1 Å². The van der Waals surface area contributed by atoms with Gasteiger partial charge in [-0.15, -0.1) is 0 Å². The molecule has 1 aromatic rings. The Morgan fingerprint density at radius 3 is 3.00 bits per heavy atom. The third-order valence-corrected chi connectivity index (χ3v) is 2.73. The van der Waals surface area contributed by atoms with Crippen molar-refractivity contribution in [1.82, 2.24) is 14.9 Å². The lowest BCUT2D eigenvalue weighted by Gasteiger charge is -2.08. The highest BCUT2D eigenvalue weighted by atomic mass is 127. The van der Waals surface area contributed by atoms with Crippen LogP contribution < -0.4 is 10.9 Å². The Kier molecular flexibility index (Phi) is 5.24. The van der Waals surface area contributed by atoms with Gasteiger partial charge in [-0.1, -0.05) is 13.8 Å². The molecule has 0 aromatic carbocycles. The Labute approximate surface area is 103 Å². The highest BCUT2D eigenvalue weighted by Crippen LogP contribution is 1.94. The summed E-state index contributed by atoms with van der Waals surface area (Å²) in [5, 5.41) is 3.31. The fourth-order valence-electron chi connectivity index (χ4n) is 1.22. The first-order valence-corrected chi connectivity index (χ1v) is 6.12. The van der Waals surface area contributed by atoms with Crippen LogP contribution in [0.2, 0.25) is 0 Å². The molecular formula is C10H16IN3O. The van der Waals surface area contributed by atoms with Crippen molar-refractivity contribution < 1.29 is 0 Å². The predicted molar refractivity (Wildman–Crippen MR) is 69.0 cm³/mol. The largest absolute Gasteiger partial charge is 0.314 e. The van der Waals surface area contributed by atoms with Crippen molar-refractivity contribution in [2.24, 2.45) is 0 Å². The van der Waals surface area contributed by atoms with E-state index in [0.717, 1.165) is 19.5 Å². The highest BCUT2D eigenvalue weighted by molar-refractivity contribution is 14.1. The van der Waals surface area contributed by atoms with E-state index in [4.69, 9.17) is 0 Å². The van der Waals surface area contributed by atoms with Crippen LogP contribution in [0.4, 0.5) is 0 Å². The van der Waals surface area contributed by atoms with Crippen LogP contribution in [0.3, 0.4) is 0 Å². The molecule has 0 saturated heterocycles. The Balaban J connectivity index is 2.44. The first-order valence-electron chi connectivity index (χ1n) is 5.04. The number of halogens is 1. The lowest BCUT2D eigenvalue weighted by Crippen LogP contribution is -2.27. The molecule has 0 atom stereocenters. The Morgan fingerprint density at radius 2 is 2.33 bits per heavy atom. The molecule has 0 saturated carbocycles. The van der Waals surface area contributed by atoms with Crippen LogP contribution in [0.15, 0.2) is 17.3 Å². The van der Waals surface area contributed by atoms with E-state index in [1.54, 1.807) is 17.1 Å². The summed E-state index contributed by atoms with van der Waals surface area (Å²) < 4.78 is 2.33. The van der Waals surface area contributed by atoms with Gasteiger partial charge in [-0.05, 0) is 35.6 Å². The smallest absolute Gasteiger partial charge is 0.266 e. The molecule has 4 nitrogen and oxygen atoms in total. The van der Waals surface area contributed by atoms with Gasteiger partial charge in [-0.25, -0.2) is 4.98 Å². The van der Waals surface area contributed by atoms with Crippen molar-refractivity contribution in [2.75, 3.05) is 6.54 Å². The van der Waals surface area contributed by atoms with Gasteiger partial charge in [-0.2, -0.15) is 0 Å². The van der Waals surface area contributed by atoms with Crippen LogP contribution in [-0.4, -0.2) is 22.1 Å². The van der Waals surface area contributed by atoms with E-state index in [1.165, 1.54) is 0 Å². The molecule has 1 aromatic heterocycles. The molecule has 0 aliphatic heterocycles. The van der Waals surface area contributed by atoms with E-state index in [1.807, 2.05) is 22.6 Å². The van der Waals surface area contributed by atoms with Crippen LogP contribution >= 0.6 is 22.6 Å². The fourth-order valence-corrected chi connectivity index (χ4v) is 1.69. The summed E-state index contributed by atoms with van der Waals surface area (Å²) in [6.07, 6.45) is 4.13. The van der Waals surface area contributed by atoms with Gasteiger partial charge in [0, 0.05) is 18.8 Å². The maximum absolute atomic E-state index is 11.6. The van der Waals surface area contributed by atoms with Gasteiger partial charge >= 0.3 is 0 Å². The van der Waals surface area contributed by atoms with Crippen LogP contribution in [0.1, 0.15) is 20.3 Å². The molecule has 84 valence electrons. The van der Waals surface area contributed by atoms with E-state index < -0.39 is 0 Å². The van der Waals surface area contributed by atoms with Gasteiger partial charge < -0.3 is 5.32 Å². The Bertz CT molecular complexity index is 362. The first-order chi connectivity index (χ1) is 7.11. The predicted octanol–water partition coefficient (Wildman–Crippen LogP) is 1.24. The summed E-state index contributed by atoms with van der Waals surface area (Å²) in [5.74, 6) is 0. The maximum atomic E-state index is 11.6. The minimum Gasteiger partial charge on any atom is -0.314 e. The molecule has 1 rings (SSSR count). The van der Waals surface area contributed by atoms with Crippen molar-refractivity contribution in [2.45, 2.75) is 32.9 Å². The lowest BCUT2D eigenvalue weighted by atomic mass is 10.3. The maximum Gasteiger partial charge on any atom is 0.266 e. The quantitative estimate of drug-likeness (QED) is 0.656. The number of nitrogens with one attached hydrogen (secondary N) is 1. The molecule has 0 amide bonds. The second-order valence-electron chi connectivity index (χ2n) is 3.70. The third kappa shape index (κ3) is 4.29. The van der Waals surface area contributed by atoms with Crippen molar-refractivity contribution in [3.8, 4) is 0 Å². The number of nitrogens with zero attached hydrogens (tertiary/aromatic N) is 2. The van der Waals surface area contributed by atoms with Crippen LogP contribution in [0.25, 0.3) is 0 Å². The van der Waals surface area contributed by atoms with E-state index in [-0.39, 0.29) is 5.56 Å². The average molecular weight is 321 g/mol. The van der Waals surface area contributed by atoms with Gasteiger partial charge in [0.25, 0.3) is 5.56 Å². The molecular weight excluding hydrogens is 305 g/mol. The van der Waals surface area contributed by atoms with Gasteiger partial charge in [-0.3, -0.25) is 9.36 Å². The first kappa shape index (κ1) is 12.6. The molecule has 1 N–H and O–H groups in total. The average Bonchev–Trinajstić information content (AvgIpc) is 2.18. The zero-order chi connectivity index (χ0) is 11.3. The van der Waals surface area contributed by atoms with Crippen molar-refractivity contribution in [1.29, 1.82) is 0 Å². The molecule has 15 heavy (non-hydrogen) atoms. The second kappa shape index (κ2) is 6.22. The summed E-state index contributed by atoms with van der Waals surface area (Å²) in [6, 6.07) is 0.496. The van der Waals surface area contributed by atoms with Crippen molar-refractivity contribution >= 4 is 22.6 Å². The summed E-state index contributed by atoms with van der Waals surface area (Å²) in [7, 11) is 0. The minimum absolute atomic E-state index is 0.0511. The van der Waals surface area contributed by atoms with Gasteiger partial charge in [0.05, 0.1) is 9.90 Å². The summed E-state index contributed by atoms with van der Waals surface area (Å²) in [6.45, 7) is 5.87. The van der Waals surface area contributed by atoms with E-state index in [0.29, 0.717) is 9.61 Å². The monoisotopic (exact) mass is 321 g/mol. The Morgan fingerprint density at radius 1 is 1.60 bits per heavy atom. The van der Waals surface area contributed by atoms with Crippen molar-refractivity contribution in [3.63, 3.8) is 0 Å². The summed E-state index contributed by atoms with van der Waals surface area (Å²) in [4.78, 5) is 15.6. The number of rotatable bonds is 5. The summed E-state index contributed by atoms with van der Waals surface area (Å²) in [5.41, 5.74) is 0.0511. The molecule has 0 bridgehead atoms. The van der Waals surface area contributed by atoms with Crippen LogP contribution in [0, 0.1) is 3.57 Å². The number of hydrogen-bond acceptors (Lipinski definition) is 3. The zero-order valence-corrected chi connectivity index (χ0v) is 11.2. The number of hydrogen-bond donors (Lipinski definition) is 1. The standard InChI is InChI=1S/C10H16IN3O/c1-8(2)13-4-3-5-14-7-12-6-9(11)10(14)15/h6-8,13H,3-5H2,1-2H3. The summed E-state index contributed by atoms with van der Waals surface area (Å²) >= 11 is 2.01. The Hall–Kier alpha value is -0.430. The minimum atomic E-state index is 0.0511. The van der Waals surface area contributed by atoms with Crippen LogP contribution in [0.5, 0.6) is 0 Å². The molecule has 0 aliphatic rings. The molecule has 0 radical (unpaired) electrons. The van der Waals surface area contributed by atoms with Gasteiger partial charge in [0.2, 0.25) is 0 Å². The van der Waals surface area contributed by atoms with E-state index >= 15 is 0 Å². The third-order valence-electron chi connectivity index (χ3n) is 1.99. The molecule has 0 unspecified atom stereocenters. The molecule has 0 fully saturated rings. The zero-order valence-electron chi connectivity index (χ0n) is 9.03. The molecule has 0 spiro atoms. The number of aromatic nitrogens is 2. The normalized spacial score (nSPS) is 10.9.